The Morgan fingerprint density at radius 2 is 1.57 bits per heavy atom. The van der Waals surface area contributed by atoms with Crippen molar-refractivity contribution in [2.45, 2.75) is 72.5 Å². The molecule has 0 atom stereocenters. The number of likely N-dealkylation sites (tertiary alicyclic amines) is 1. The zero-order chi connectivity index (χ0) is 26.9. The third kappa shape index (κ3) is 11.9. The number of phenols is 1. The van der Waals surface area contributed by atoms with E-state index in [0.717, 1.165) is 56.0 Å². The maximum absolute atomic E-state index is 11.9. The molecule has 1 aliphatic carbocycles. The number of hydrogen-bond donors (Lipinski definition) is 1. The largest absolute Gasteiger partial charge is 0.507 e. The van der Waals surface area contributed by atoms with Gasteiger partial charge in [-0.05, 0) is 35.9 Å². The molecule has 4 rings (SSSR count). The molecule has 0 radical (unpaired) electrons. The minimum atomic E-state index is -3.93. The second kappa shape index (κ2) is 18.2. The summed E-state index contributed by atoms with van der Waals surface area (Å²) in [6.45, 7) is 10.6. The van der Waals surface area contributed by atoms with E-state index in [1.165, 1.54) is 5.56 Å². The summed E-state index contributed by atoms with van der Waals surface area (Å²) in [4.78, 5) is 12.8. The summed E-state index contributed by atoms with van der Waals surface area (Å²) in [7, 11) is 3.25. The Morgan fingerprint density at radius 1 is 1.00 bits per heavy atom. The molecule has 1 heterocycles. The number of nitrogens with zero attached hydrogens (tertiary/aromatic N) is 1. The van der Waals surface area contributed by atoms with E-state index in [1.54, 1.807) is 20.3 Å². The zero-order valence-electron chi connectivity index (χ0n) is 22.2. The molecule has 1 aliphatic heterocycles. The van der Waals surface area contributed by atoms with Gasteiger partial charge in [0.2, 0.25) is 0 Å². The van der Waals surface area contributed by atoms with E-state index in [4.69, 9.17) is 0 Å². The van der Waals surface area contributed by atoms with Gasteiger partial charge in [0, 0.05) is 45.2 Å². The number of halogens is 3. The topological polar surface area (TPSA) is 49.8 Å². The van der Waals surface area contributed by atoms with Crippen LogP contribution in [-0.2, 0) is 16.1 Å². The predicted molar refractivity (Wildman–Crippen MR) is 139 cm³/mol. The number of carbonyl (C=O) groups excluding carboxylic acids is 1. The quantitative estimate of drug-likeness (QED) is 0.441. The second-order valence-electron chi connectivity index (χ2n) is 8.21. The van der Waals surface area contributed by atoms with Crippen molar-refractivity contribution in [3.63, 3.8) is 0 Å². The molecule has 200 valence electrons. The molecule has 0 aromatic heterocycles. The predicted octanol–water partition coefficient (Wildman–Crippen LogP) is 7.62. The van der Waals surface area contributed by atoms with E-state index >= 15 is 0 Å². The van der Waals surface area contributed by atoms with Gasteiger partial charge >= 0.3 is 6.18 Å². The molecular weight excluding hydrogens is 455 g/mol. The van der Waals surface area contributed by atoms with Crippen LogP contribution in [0.25, 0.3) is 10.8 Å². The van der Waals surface area contributed by atoms with Crippen LogP contribution in [-0.4, -0.2) is 49.8 Å². The fraction of sp³-hybridized carbons (Fsp3) is 0.607. The first-order chi connectivity index (χ1) is 16.8. The van der Waals surface area contributed by atoms with Crippen molar-refractivity contribution < 1.29 is 27.8 Å². The SMILES string of the molecule is CC.CC.COC.FC(F)(F)C1CCCCC1.O=CC1CN(Cc2ccc3c(O)cccc3c2)C1. The summed E-state index contributed by atoms with van der Waals surface area (Å²) < 4.78 is 40.1. The van der Waals surface area contributed by atoms with Crippen molar-refractivity contribution in [3.05, 3.63) is 42.0 Å². The van der Waals surface area contributed by atoms with E-state index in [0.29, 0.717) is 18.6 Å². The summed E-state index contributed by atoms with van der Waals surface area (Å²) in [5.74, 6) is -0.459. The minimum absolute atomic E-state index is 0.217. The highest BCUT2D eigenvalue weighted by atomic mass is 19.4. The Balaban J connectivity index is 0.000000578. The molecule has 1 saturated heterocycles. The monoisotopic (exact) mass is 499 g/mol. The van der Waals surface area contributed by atoms with E-state index in [1.807, 2.05) is 52.0 Å². The average Bonchev–Trinajstić information content (AvgIpc) is 2.85. The number of rotatable bonds is 3. The van der Waals surface area contributed by atoms with Gasteiger partial charge < -0.3 is 14.6 Å². The highest BCUT2D eigenvalue weighted by Gasteiger charge is 2.39. The van der Waals surface area contributed by atoms with Crippen LogP contribution in [0.1, 0.15) is 65.4 Å². The smallest absolute Gasteiger partial charge is 0.391 e. The number of ether oxygens (including phenoxy) is 1. The van der Waals surface area contributed by atoms with Gasteiger partial charge in [0.25, 0.3) is 0 Å². The van der Waals surface area contributed by atoms with Crippen LogP contribution >= 0.6 is 0 Å². The lowest BCUT2D eigenvalue weighted by molar-refractivity contribution is -0.181. The molecule has 4 nitrogen and oxygen atoms in total. The van der Waals surface area contributed by atoms with Crippen molar-refractivity contribution in [2.75, 3.05) is 27.3 Å². The van der Waals surface area contributed by atoms with Crippen molar-refractivity contribution in [1.82, 2.24) is 4.90 Å². The summed E-state index contributed by atoms with van der Waals surface area (Å²) in [6, 6.07) is 11.7. The van der Waals surface area contributed by atoms with Crippen molar-refractivity contribution in [1.29, 1.82) is 0 Å². The maximum atomic E-state index is 11.9. The summed E-state index contributed by atoms with van der Waals surface area (Å²) >= 11 is 0. The minimum Gasteiger partial charge on any atom is -0.507 e. The number of benzene rings is 2. The van der Waals surface area contributed by atoms with Crippen molar-refractivity contribution >= 4 is 17.1 Å². The number of fused-ring (bicyclic) bond motifs is 1. The van der Waals surface area contributed by atoms with Crippen LogP contribution in [0.15, 0.2) is 36.4 Å². The van der Waals surface area contributed by atoms with E-state index in [2.05, 4.69) is 15.7 Å². The van der Waals surface area contributed by atoms with Crippen LogP contribution in [0, 0.1) is 11.8 Å². The molecule has 2 fully saturated rings. The van der Waals surface area contributed by atoms with Gasteiger partial charge in [-0.15, -0.1) is 0 Å². The Bertz CT molecular complexity index is 815. The van der Waals surface area contributed by atoms with E-state index < -0.39 is 12.1 Å². The molecule has 35 heavy (non-hydrogen) atoms. The molecule has 0 amide bonds. The molecule has 2 aromatic carbocycles. The zero-order valence-corrected chi connectivity index (χ0v) is 22.2. The number of carbonyl (C=O) groups is 1. The highest BCUT2D eigenvalue weighted by Crippen LogP contribution is 2.37. The molecule has 2 aliphatic rings. The van der Waals surface area contributed by atoms with Gasteiger partial charge in [0.15, 0.2) is 0 Å². The normalized spacial score (nSPS) is 16.0. The third-order valence-electron chi connectivity index (χ3n) is 5.57. The molecule has 0 bridgehead atoms. The number of phenolic OH excluding ortho intramolecular Hbond substituents is 1. The van der Waals surface area contributed by atoms with Crippen LogP contribution in [0.2, 0.25) is 0 Å². The first-order valence-corrected chi connectivity index (χ1v) is 12.6. The van der Waals surface area contributed by atoms with Gasteiger partial charge in [-0.3, -0.25) is 4.90 Å². The average molecular weight is 500 g/mol. The van der Waals surface area contributed by atoms with E-state index in [-0.39, 0.29) is 5.92 Å². The highest BCUT2D eigenvalue weighted by molar-refractivity contribution is 5.88. The lowest BCUT2D eigenvalue weighted by Gasteiger charge is -2.36. The lowest BCUT2D eigenvalue weighted by Crippen LogP contribution is -2.46. The summed E-state index contributed by atoms with van der Waals surface area (Å²) in [5.41, 5.74) is 1.22. The van der Waals surface area contributed by atoms with Crippen LogP contribution in [0.5, 0.6) is 5.75 Å². The van der Waals surface area contributed by atoms with Crippen molar-refractivity contribution in [3.8, 4) is 5.75 Å². The first kappa shape index (κ1) is 32.9. The molecule has 1 N–H and O–H groups in total. The van der Waals surface area contributed by atoms with E-state index in [9.17, 15) is 23.1 Å². The first-order valence-electron chi connectivity index (χ1n) is 12.6. The molecular formula is C28H44F3NO3. The third-order valence-corrected chi connectivity index (χ3v) is 5.57. The van der Waals surface area contributed by atoms with Crippen LogP contribution < -0.4 is 0 Å². The van der Waals surface area contributed by atoms with Crippen LogP contribution in [0.3, 0.4) is 0 Å². The number of aldehydes is 1. The van der Waals surface area contributed by atoms with Gasteiger partial charge in [0.1, 0.15) is 12.0 Å². The number of hydrogen-bond acceptors (Lipinski definition) is 4. The number of aromatic hydroxyl groups is 1. The standard InChI is InChI=1S/C15H15NO2.C7H11F3.C2H6O.2C2H6/c17-10-12-8-16(9-12)7-11-4-5-14-13(6-11)2-1-3-15(14)18;8-7(9,10)6-4-2-1-3-5-6;1-3-2;2*1-2/h1-6,10,12,18H,7-9H2;6H,1-5H2;1-2H3;2*1-2H3. The Kier molecular flexibility index (Phi) is 17.1. The Morgan fingerprint density at radius 3 is 2.06 bits per heavy atom. The second-order valence-corrected chi connectivity index (χ2v) is 8.21. The Hall–Kier alpha value is -2.12. The number of methoxy groups -OCH3 is 1. The van der Waals surface area contributed by atoms with Gasteiger partial charge in [-0.25, -0.2) is 0 Å². The fourth-order valence-electron chi connectivity index (χ4n) is 3.93. The Labute approximate surface area is 209 Å². The molecule has 7 heteroatoms. The summed E-state index contributed by atoms with van der Waals surface area (Å²) in [6.07, 6.45) is 0.295. The van der Waals surface area contributed by atoms with Crippen molar-refractivity contribution in [2.24, 2.45) is 11.8 Å². The lowest BCUT2D eigenvalue weighted by atomic mass is 9.89. The molecule has 0 unspecified atom stereocenters. The van der Waals surface area contributed by atoms with Gasteiger partial charge in [-0.2, -0.15) is 13.2 Å². The van der Waals surface area contributed by atoms with Gasteiger partial charge in [-0.1, -0.05) is 71.2 Å². The van der Waals surface area contributed by atoms with Gasteiger partial charge in [0.05, 0.1) is 5.92 Å². The molecule has 2 aromatic rings. The summed E-state index contributed by atoms with van der Waals surface area (Å²) in [5, 5.41) is 11.7. The maximum Gasteiger partial charge on any atom is 0.391 e. The molecule has 1 saturated carbocycles. The van der Waals surface area contributed by atoms with Crippen LogP contribution in [0.4, 0.5) is 13.2 Å². The fourth-order valence-corrected chi connectivity index (χ4v) is 3.93. The number of alkyl halides is 3. The molecule has 0 spiro atoms.